The summed E-state index contributed by atoms with van der Waals surface area (Å²) in [6, 6.07) is 146. The molecular weight excluding hydrogens is 1590 g/mol. The summed E-state index contributed by atoms with van der Waals surface area (Å²) in [6.45, 7) is 4.68. The molecule has 0 saturated heterocycles. The molecule has 0 amide bonds. The SMILES string of the molecule is CC1(C)C2=C(c3ccccc3N(c3nc(-c4ccccc4)nc(-c4ccccc4)n3)c3ccccc32)c2ccccc21.c1ccc(-c2ccc3c(c2)-c2c(oc4ccccc24)-c2ccccc2N3c2nc(-c3ccccc3)nc(-c3ccccc3)n2)cc1.c1ccc(-c2nc(-c3ccccc3)nc(-n3c4c(c5ccccc53)-c3ccccc3Sc3ccccc3-4)n2)cc1. The van der Waals surface area contributed by atoms with E-state index in [2.05, 4.69) is 253 Å². The van der Waals surface area contributed by atoms with Crippen LogP contribution in [0.3, 0.4) is 0 Å². The number of aromatic nitrogens is 10. The normalized spacial score (nSPS) is 12.7. The quantitative estimate of drug-likeness (QED) is 0.128. The van der Waals surface area contributed by atoms with Crippen LogP contribution in [-0.2, 0) is 5.41 Å². The highest BCUT2D eigenvalue weighted by Gasteiger charge is 2.44. The third-order valence-corrected chi connectivity index (χ3v) is 25.4. The maximum atomic E-state index is 6.69. The molecule has 3 aliphatic heterocycles. The van der Waals surface area contributed by atoms with Gasteiger partial charge in [0.2, 0.25) is 17.8 Å². The maximum absolute atomic E-state index is 6.69. The highest BCUT2D eigenvalue weighted by molar-refractivity contribution is 7.99. The molecule has 128 heavy (non-hydrogen) atoms. The molecule has 0 spiro atoms. The second-order valence-corrected chi connectivity index (χ2v) is 33.3. The topological polar surface area (TPSA) is 141 Å². The average Bonchev–Trinajstić information content (AvgIpc) is 1.60. The summed E-state index contributed by atoms with van der Waals surface area (Å²) in [5.41, 5.74) is 29.0. The minimum atomic E-state index is -0.186. The van der Waals surface area contributed by atoms with Gasteiger partial charge in [0.25, 0.3) is 0 Å². The molecule has 14 heteroatoms. The zero-order valence-electron chi connectivity index (χ0n) is 69.6. The van der Waals surface area contributed by atoms with E-state index < -0.39 is 0 Å². The van der Waals surface area contributed by atoms with E-state index in [4.69, 9.17) is 49.3 Å². The van der Waals surface area contributed by atoms with Crippen molar-refractivity contribution < 1.29 is 4.42 Å². The van der Waals surface area contributed by atoms with Crippen LogP contribution in [0.4, 0.5) is 34.6 Å². The molecule has 1 aliphatic carbocycles. The first-order chi connectivity index (χ1) is 63.3. The van der Waals surface area contributed by atoms with Gasteiger partial charge >= 0.3 is 0 Å². The van der Waals surface area contributed by atoms with Gasteiger partial charge in [-0.3, -0.25) is 14.4 Å². The lowest BCUT2D eigenvalue weighted by molar-refractivity contribution is 0.633. The lowest BCUT2D eigenvalue weighted by atomic mass is 9.77. The van der Waals surface area contributed by atoms with E-state index in [0.717, 1.165) is 117 Å². The van der Waals surface area contributed by atoms with E-state index in [9.17, 15) is 0 Å². The minimum Gasteiger partial charge on any atom is -0.455 e. The van der Waals surface area contributed by atoms with Crippen molar-refractivity contribution in [2.24, 2.45) is 0 Å². The van der Waals surface area contributed by atoms with Crippen LogP contribution in [-0.4, -0.2) is 49.4 Å². The number of para-hydroxylation sites is 5. The molecule has 8 heterocycles. The van der Waals surface area contributed by atoms with Crippen molar-refractivity contribution >= 4 is 79.4 Å². The number of anilines is 6. The molecule has 4 aliphatic rings. The lowest BCUT2D eigenvalue weighted by Gasteiger charge is -2.29. The molecule has 0 radical (unpaired) electrons. The first kappa shape index (κ1) is 76.2. The Kier molecular flexibility index (Phi) is 19.2. The highest BCUT2D eigenvalue weighted by atomic mass is 32.2. The molecule has 0 bridgehead atoms. The van der Waals surface area contributed by atoms with Gasteiger partial charge in [0.05, 0.1) is 34.0 Å². The van der Waals surface area contributed by atoms with Crippen molar-refractivity contribution in [3.8, 4) is 130 Å². The summed E-state index contributed by atoms with van der Waals surface area (Å²) in [5, 5.41) is 2.23. The summed E-state index contributed by atoms with van der Waals surface area (Å²) in [5.74, 6) is 6.34. The van der Waals surface area contributed by atoms with Gasteiger partial charge in [0.15, 0.2) is 34.9 Å². The third kappa shape index (κ3) is 13.5. The molecule has 25 rings (SSSR count). The Balaban J connectivity index is 0.000000110. The number of hydrogen-bond acceptors (Lipinski definition) is 13. The molecule has 5 aromatic heterocycles. The first-order valence-electron chi connectivity index (χ1n) is 42.8. The monoisotopic (exact) mass is 1660 g/mol. The number of hydrogen-bond donors (Lipinski definition) is 0. The van der Waals surface area contributed by atoms with Crippen LogP contribution in [0.25, 0.3) is 163 Å². The Labute approximate surface area is 744 Å². The molecule has 0 saturated carbocycles. The van der Waals surface area contributed by atoms with Gasteiger partial charge < -0.3 is 4.42 Å². The smallest absolute Gasteiger partial charge is 0.238 e. The summed E-state index contributed by atoms with van der Waals surface area (Å²) < 4.78 is 8.92. The number of rotatable bonds is 10. The molecule has 0 atom stereocenters. The summed E-state index contributed by atoms with van der Waals surface area (Å²) >= 11 is 1.81. The minimum absolute atomic E-state index is 0.186. The second kappa shape index (κ2) is 32.2. The van der Waals surface area contributed by atoms with Crippen LogP contribution >= 0.6 is 11.8 Å². The standard InChI is InChI=1S/C41H26N4O.C38H28N4.C35H22N4S/c1-4-14-27(15-5-1)30-24-25-35-33(26-30)37-32-21-11-13-23-36(32)46-38(37)31-20-10-12-22-34(31)45(35)41-43-39(28-16-6-2-7-17-28)42-40(44-41)29-18-8-3-9-19-29;1-38(2)30-22-12-9-19-27(30)33-28-20-10-13-23-31(28)42(32-24-14-11-21-29(32)34(33)38)37-40-35(25-15-5-3-6-16-25)39-36(41-37)26-17-7-4-8-18-26;1-3-13-23(14-4-1)33-36-34(24-15-5-2-6-16-24)38-35(37-33)39-28-20-10-7-17-25(28)31-26-18-8-11-21-29(26)40-30-22-12-9-19-27(30)32(31)39/h1-26H;3-24H,1-2H3;1-22H. The zero-order chi connectivity index (χ0) is 85.2. The number of benzene rings is 16. The lowest BCUT2D eigenvalue weighted by Crippen LogP contribution is -2.20. The predicted octanol–water partition coefficient (Wildman–Crippen LogP) is 28.9. The molecule has 0 unspecified atom stereocenters. The fraction of sp³-hybridized carbons (Fsp3) is 0.0263. The van der Waals surface area contributed by atoms with Crippen LogP contribution < -0.4 is 9.80 Å². The summed E-state index contributed by atoms with van der Waals surface area (Å²) in [4.78, 5) is 52.5. The number of allylic oxidation sites excluding steroid dienone is 1. The van der Waals surface area contributed by atoms with Crippen molar-refractivity contribution in [3.05, 3.63) is 447 Å². The van der Waals surface area contributed by atoms with Crippen molar-refractivity contribution in [2.45, 2.75) is 29.1 Å². The van der Waals surface area contributed by atoms with Gasteiger partial charge in [-0.2, -0.15) is 29.9 Å². The molecule has 604 valence electrons. The van der Waals surface area contributed by atoms with E-state index in [0.29, 0.717) is 52.8 Å². The molecule has 0 N–H and O–H groups in total. The summed E-state index contributed by atoms with van der Waals surface area (Å²) in [6.07, 6.45) is 0. The molecule has 21 aromatic rings. The Hall–Kier alpha value is -16.7. The fourth-order valence-corrected chi connectivity index (χ4v) is 19.5. The molecule has 16 aromatic carbocycles. The van der Waals surface area contributed by atoms with Crippen molar-refractivity contribution in [3.63, 3.8) is 0 Å². The van der Waals surface area contributed by atoms with Crippen molar-refractivity contribution in [2.75, 3.05) is 9.80 Å². The predicted molar refractivity (Wildman–Crippen MR) is 518 cm³/mol. The average molecular weight is 1660 g/mol. The Morgan fingerprint density at radius 2 is 0.617 bits per heavy atom. The van der Waals surface area contributed by atoms with Gasteiger partial charge in [0.1, 0.15) is 11.3 Å². The number of furan rings is 1. The van der Waals surface area contributed by atoms with E-state index in [1.54, 1.807) is 0 Å². The van der Waals surface area contributed by atoms with Crippen molar-refractivity contribution in [1.29, 1.82) is 0 Å². The van der Waals surface area contributed by atoms with Crippen LogP contribution in [0.1, 0.15) is 36.1 Å². The van der Waals surface area contributed by atoms with E-state index in [1.165, 1.54) is 59.7 Å². The Bertz CT molecular complexity index is 7710. The fourth-order valence-electron chi connectivity index (χ4n) is 18.4. The maximum Gasteiger partial charge on any atom is 0.238 e. The van der Waals surface area contributed by atoms with Crippen LogP contribution in [0, 0.1) is 0 Å². The second-order valence-electron chi connectivity index (χ2n) is 32.3. The van der Waals surface area contributed by atoms with Crippen LogP contribution in [0.2, 0.25) is 0 Å². The first-order valence-corrected chi connectivity index (χ1v) is 43.7. The van der Waals surface area contributed by atoms with E-state index in [-0.39, 0.29) is 5.41 Å². The zero-order valence-corrected chi connectivity index (χ0v) is 70.4. The molecule has 0 fully saturated rings. The van der Waals surface area contributed by atoms with Gasteiger partial charge in [-0.1, -0.05) is 390 Å². The van der Waals surface area contributed by atoms with Gasteiger partial charge in [-0.05, 0) is 99.6 Å². The van der Waals surface area contributed by atoms with Gasteiger partial charge in [-0.25, -0.2) is 15.0 Å². The number of nitrogens with zero attached hydrogens (tertiary/aromatic N) is 12. The Morgan fingerprint density at radius 1 is 0.258 bits per heavy atom. The number of fused-ring (bicyclic) bond motifs is 20. The van der Waals surface area contributed by atoms with Crippen LogP contribution in [0.15, 0.2) is 439 Å². The summed E-state index contributed by atoms with van der Waals surface area (Å²) in [7, 11) is 0. The molecular formula is C114H76N12OS. The largest absolute Gasteiger partial charge is 0.455 e. The Morgan fingerprint density at radius 3 is 1.12 bits per heavy atom. The third-order valence-electron chi connectivity index (χ3n) is 24.2. The highest BCUT2D eigenvalue weighted by Crippen LogP contribution is 2.61. The van der Waals surface area contributed by atoms with E-state index >= 15 is 0 Å². The van der Waals surface area contributed by atoms with Crippen LogP contribution in [0.5, 0.6) is 0 Å². The van der Waals surface area contributed by atoms with Gasteiger partial charge in [-0.15, -0.1) is 0 Å². The van der Waals surface area contributed by atoms with Crippen molar-refractivity contribution in [1.82, 2.24) is 49.4 Å². The van der Waals surface area contributed by atoms with E-state index in [1.807, 2.05) is 212 Å². The van der Waals surface area contributed by atoms with Gasteiger partial charge in [0, 0.05) is 98.3 Å². The molecule has 13 nitrogen and oxygen atoms in total.